The number of nitriles is 1. The second-order valence-corrected chi connectivity index (χ2v) is 10.7. The van der Waals surface area contributed by atoms with Crippen molar-refractivity contribution in [2.75, 3.05) is 19.7 Å². The molecule has 0 unspecified atom stereocenters. The van der Waals surface area contributed by atoms with Gasteiger partial charge in [0.25, 0.3) is 0 Å². The number of carboxylic acid groups (broad SMARTS) is 1. The average Bonchev–Trinajstić information content (AvgIpc) is 3.31. The van der Waals surface area contributed by atoms with Crippen LogP contribution < -0.4 is 9.47 Å². The number of halogens is 1. The summed E-state index contributed by atoms with van der Waals surface area (Å²) in [5.41, 5.74) is 2.51. The number of piperidine rings is 1. The second kappa shape index (κ2) is 12.2. The molecule has 1 aromatic heterocycles. The molecule has 2 saturated heterocycles. The summed E-state index contributed by atoms with van der Waals surface area (Å²) in [5, 5.41) is 18.4. The first-order valence-corrected chi connectivity index (χ1v) is 14.1. The van der Waals surface area contributed by atoms with Crippen LogP contribution in [0.1, 0.15) is 46.6 Å². The van der Waals surface area contributed by atoms with Crippen LogP contribution in [0.3, 0.4) is 0 Å². The van der Waals surface area contributed by atoms with E-state index in [1.807, 2.05) is 24.3 Å². The van der Waals surface area contributed by atoms with Gasteiger partial charge in [-0.1, -0.05) is 12.1 Å². The van der Waals surface area contributed by atoms with Crippen LogP contribution >= 0.6 is 0 Å². The summed E-state index contributed by atoms with van der Waals surface area (Å²) in [6, 6.07) is 18.7. The van der Waals surface area contributed by atoms with Gasteiger partial charge in [-0.25, -0.2) is 14.2 Å². The van der Waals surface area contributed by atoms with Crippen LogP contribution in [0.15, 0.2) is 60.7 Å². The second-order valence-electron chi connectivity index (χ2n) is 10.7. The van der Waals surface area contributed by atoms with Crippen molar-refractivity contribution in [1.82, 2.24) is 14.5 Å². The van der Waals surface area contributed by atoms with Gasteiger partial charge in [0.05, 0.1) is 47.4 Å². The van der Waals surface area contributed by atoms with Crippen LogP contribution in [0, 0.1) is 17.1 Å². The summed E-state index contributed by atoms with van der Waals surface area (Å²) in [5.74, 6) is 0.762. The van der Waals surface area contributed by atoms with E-state index in [0.717, 1.165) is 55.8 Å². The monoisotopic (exact) mass is 570 g/mol. The molecule has 0 bridgehead atoms. The van der Waals surface area contributed by atoms with Crippen LogP contribution in [-0.2, 0) is 24.4 Å². The lowest BCUT2D eigenvalue weighted by Crippen LogP contribution is -2.39. The predicted octanol–water partition coefficient (Wildman–Crippen LogP) is 5.16. The van der Waals surface area contributed by atoms with Crippen molar-refractivity contribution in [2.24, 2.45) is 0 Å². The zero-order valence-electron chi connectivity index (χ0n) is 23.0. The van der Waals surface area contributed by atoms with Crippen molar-refractivity contribution in [3.63, 3.8) is 0 Å². The molecule has 1 atom stereocenters. The van der Waals surface area contributed by atoms with Crippen LogP contribution in [-0.4, -0.2) is 57.4 Å². The van der Waals surface area contributed by atoms with Crippen molar-refractivity contribution >= 4 is 17.0 Å². The van der Waals surface area contributed by atoms with E-state index in [0.29, 0.717) is 30.2 Å². The molecule has 0 amide bonds. The lowest BCUT2D eigenvalue weighted by molar-refractivity contribution is -0.0592. The van der Waals surface area contributed by atoms with Gasteiger partial charge in [-0.15, -0.1) is 0 Å². The van der Waals surface area contributed by atoms with Gasteiger partial charge in [-0.05, 0) is 61.7 Å². The highest BCUT2D eigenvalue weighted by Gasteiger charge is 2.26. The minimum absolute atomic E-state index is 0.0489. The molecule has 4 aromatic rings. The molecule has 42 heavy (non-hydrogen) atoms. The SMILES string of the molecule is N#Cc1ccc(COc2cccc(OC3CCN(Cc4nc5ccc(C(=O)O)cc5n4C[C@@H]4CCO4)CC3)c2)c(F)c1. The van der Waals surface area contributed by atoms with Crippen LogP contribution in [0.4, 0.5) is 4.39 Å². The first-order valence-electron chi connectivity index (χ1n) is 14.1. The molecule has 0 spiro atoms. The van der Waals surface area contributed by atoms with E-state index < -0.39 is 11.8 Å². The summed E-state index contributed by atoms with van der Waals surface area (Å²) in [7, 11) is 0. The molecular weight excluding hydrogens is 539 g/mol. The number of hydrogen-bond donors (Lipinski definition) is 1. The number of nitrogens with zero attached hydrogens (tertiary/aromatic N) is 4. The van der Waals surface area contributed by atoms with Crippen molar-refractivity contribution in [1.29, 1.82) is 5.26 Å². The molecule has 2 aliphatic heterocycles. The van der Waals surface area contributed by atoms with Gasteiger partial charge in [0.1, 0.15) is 35.9 Å². The van der Waals surface area contributed by atoms with Crippen LogP contribution in [0.2, 0.25) is 0 Å². The van der Waals surface area contributed by atoms with E-state index in [2.05, 4.69) is 9.47 Å². The lowest BCUT2D eigenvalue weighted by atomic mass is 10.1. The Morgan fingerprint density at radius 2 is 1.90 bits per heavy atom. The van der Waals surface area contributed by atoms with Crippen molar-refractivity contribution in [2.45, 2.75) is 51.2 Å². The van der Waals surface area contributed by atoms with Gasteiger partial charge in [-0.3, -0.25) is 4.90 Å². The first kappa shape index (κ1) is 27.7. The highest BCUT2D eigenvalue weighted by atomic mass is 19.1. The Morgan fingerprint density at radius 1 is 1.10 bits per heavy atom. The molecule has 216 valence electrons. The number of rotatable bonds is 10. The van der Waals surface area contributed by atoms with E-state index in [9.17, 15) is 14.3 Å². The minimum atomic E-state index is -0.953. The average molecular weight is 571 g/mol. The highest BCUT2D eigenvalue weighted by molar-refractivity contribution is 5.92. The molecule has 3 aromatic carbocycles. The molecule has 3 heterocycles. The van der Waals surface area contributed by atoms with E-state index >= 15 is 0 Å². The molecule has 2 fully saturated rings. The van der Waals surface area contributed by atoms with Gasteiger partial charge >= 0.3 is 5.97 Å². The largest absolute Gasteiger partial charge is 0.490 e. The van der Waals surface area contributed by atoms with E-state index in [4.69, 9.17) is 24.5 Å². The Balaban J connectivity index is 1.06. The predicted molar refractivity (Wildman–Crippen MR) is 152 cm³/mol. The topological polar surface area (TPSA) is 110 Å². The fraction of sp³-hybridized carbons (Fsp3) is 0.344. The number of carbonyl (C=O) groups is 1. The number of fused-ring (bicyclic) bond motifs is 1. The zero-order chi connectivity index (χ0) is 29.1. The third-order valence-electron chi connectivity index (χ3n) is 7.84. The molecule has 0 saturated carbocycles. The maximum Gasteiger partial charge on any atom is 0.335 e. The van der Waals surface area contributed by atoms with Gasteiger partial charge in [0, 0.05) is 31.3 Å². The minimum Gasteiger partial charge on any atom is -0.490 e. The van der Waals surface area contributed by atoms with E-state index in [1.54, 1.807) is 36.4 Å². The normalized spacial score (nSPS) is 17.5. The Morgan fingerprint density at radius 3 is 2.62 bits per heavy atom. The molecule has 2 aliphatic rings. The fourth-order valence-corrected chi connectivity index (χ4v) is 5.37. The Kier molecular flexibility index (Phi) is 8.04. The molecule has 10 heteroatoms. The molecule has 9 nitrogen and oxygen atoms in total. The molecular formula is C32H31FN4O5. The first-order chi connectivity index (χ1) is 20.4. The van der Waals surface area contributed by atoms with Gasteiger partial charge in [-0.2, -0.15) is 5.26 Å². The van der Waals surface area contributed by atoms with Gasteiger partial charge in [0.15, 0.2) is 0 Å². The van der Waals surface area contributed by atoms with Crippen LogP contribution in [0.25, 0.3) is 11.0 Å². The summed E-state index contributed by atoms with van der Waals surface area (Å²) in [6.07, 6.45) is 2.84. The number of ether oxygens (including phenoxy) is 3. The molecule has 6 rings (SSSR count). The number of hydrogen-bond acceptors (Lipinski definition) is 7. The number of aromatic nitrogens is 2. The summed E-state index contributed by atoms with van der Waals surface area (Å²) in [6.45, 7) is 3.79. The van der Waals surface area contributed by atoms with Crippen LogP contribution in [0.5, 0.6) is 11.5 Å². The molecule has 1 N–H and O–H groups in total. The quantitative estimate of drug-likeness (QED) is 0.279. The highest BCUT2D eigenvalue weighted by Crippen LogP contribution is 2.27. The Bertz CT molecular complexity index is 1640. The number of imidazole rings is 1. The lowest BCUT2D eigenvalue weighted by Gasteiger charge is -2.32. The third kappa shape index (κ3) is 6.22. The number of carboxylic acids is 1. The Labute approximate surface area is 242 Å². The third-order valence-corrected chi connectivity index (χ3v) is 7.84. The summed E-state index contributed by atoms with van der Waals surface area (Å²) >= 11 is 0. The number of aromatic carboxylic acids is 1. The van der Waals surface area contributed by atoms with E-state index in [-0.39, 0.29) is 29.9 Å². The summed E-state index contributed by atoms with van der Waals surface area (Å²) in [4.78, 5) is 18.8. The fourth-order valence-electron chi connectivity index (χ4n) is 5.37. The maximum atomic E-state index is 14.2. The zero-order valence-corrected chi connectivity index (χ0v) is 23.0. The van der Waals surface area contributed by atoms with E-state index in [1.165, 1.54) is 6.07 Å². The van der Waals surface area contributed by atoms with Gasteiger partial charge in [0.2, 0.25) is 0 Å². The molecule has 0 radical (unpaired) electrons. The van der Waals surface area contributed by atoms with Crippen molar-refractivity contribution in [3.05, 3.63) is 89.0 Å². The molecule has 0 aliphatic carbocycles. The van der Waals surface area contributed by atoms with Gasteiger partial charge < -0.3 is 23.9 Å². The van der Waals surface area contributed by atoms with Crippen molar-refractivity contribution < 1.29 is 28.5 Å². The van der Waals surface area contributed by atoms with Crippen molar-refractivity contribution in [3.8, 4) is 17.6 Å². The number of likely N-dealkylation sites (tertiary alicyclic amines) is 1. The summed E-state index contributed by atoms with van der Waals surface area (Å²) < 4.78 is 34.1. The smallest absolute Gasteiger partial charge is 0.335 e. The standard InChI is InChI=1S/C32H31FN4O5/c33-28-14-21(17-34)4-5-23(28)20-41-25-2-1-3-26(16-25)42-24-8-11-36(12-9-24)19-31-35-29-7-6-22(32(38)39)15-30(29)37(31)18-27-10-13-40-27/h1-7,14-16,24,27H,8-13,18-20H2,(H,38,39)/t27-/m0/s1. The maximum absolute atomic E-state index is 14.2. The number of benzene rings is 3. The Hall–Kier alpha value is -4.46.